The maximum absolute atomic E-state index is 13.6. The van der Waals surface area contributed by atoms with Gasteiger partial charge in [0.05, 0.1) is 49.6 Å². The number of hydrogen-bond donors (Lipinski definition) is 3. The third-order valence-corrected chi connectivity index (χ3v) is 9.56. The number of hydrogen-bond acceptors (Lipinski definition) is 7. The van der Waals surface area contributed by atoms with Gasteiger partial charge in [-0.15, -0.1) is 0 Å². The number of ether oxygens (including phenoxy) is 3. The van der Waals surface area contributed by atoms with Crippen molar-refractivity contribution in [3.05, 3.63) is 108 Å². The number of nitrogens with one attached hydrogen (secondary N) is 3. The first-order valence-electron chi connectivity index (χ1n) is 16.4. The summed E-state index contributed by atoms with van der Waals surface area (Å²) in [5.41, 5.74) is 6.45. The molecule has 2 atom stereocenters. The Morgan fingerprint density at radius 2 is 1.45 bits per heavy atom. The normalized spacial score (nSPS) is 20.6. The quantitative estimate of drug-likeness (QED) is 0.182. The van der Waals surface area contributed by atoms with E-state index < -0.39 is 17.9 Å². The van der Waals surface area contributed by atoms with Crippen molar-refractivity contribution < 1.29 is 19.0 Å². The third kappa shape index (κ3) is 5.95. The minimum absolute atomic E-state index is 0.191. The van der Waals surface area contributed by atoms with Crippen molar-refractivity contribution >= 4 is 6.09 Å². The first-order valence-corrected chi connectivity index (χ1v) is 16.4. The van der Waals surface area contributed by atoms with Gasteiger partial charge in [-0.1, -0.05) is 78.9 Å². The van der Waals surface area contributed by atoms with E-state index in [2.05, 4.69) is 68.8 Å². The molecule has 0 radical (unpaired) electrons. The number of benzene rings is 3. The van der Waals surface area contributed by atoms with Gasteiger partial charge in [0.15, 0.2) is 5.72 Å². The fourth-order valence-corrected chi connectivity index (χ4v) is 6.94. The Balaban J connectivity index is 0.971. The molecule has 0 aliphatic carbocycles. The van der Waals surface area contributed by atoms with Crippen LogP contribution in [0.5, 0.6) is 0 Å². The Kier molecular flexibility index (Phi) is 8.06. The molecule has 1 unspecified atom stereocenters. The average Bonchev–Trinajstić information content (AvgIpc) is 3.96. The topological polar surface area (TPSA) is 117 Å². The highest BCUT2D eigenvalue weighted by atomic mass is 16.6. The van der Waals surface area contributed by atoms with Gasteiger partial charge in [-0.25, -0.2) is 14.8 Å². The van der Waals surface area contributed by atoms with Crippen LogP contribution in [-0.2, 0) is 20.8 Å². The molecule has 47 heavy (non-hydrogen) atoms. The van der Waals surface area contributed by atoms with Gasteiger partial charge in [0.1, 0.15) is 24.3 Å². The fraction of sp³-hybridized carbons (Fsp3) is 0.324. The molecule has 0 bridgehead atoms. The Hall–Kier alpha value is -4.77. The van der Waals surface area contributed by atoms with Crippen LogP contribution in [0.2, 0.25) is 0 Å². The number of aromatic nitrogens is 4. The van der Waals surface area contributed by atoms with Crippen LogP contribution in [0.3, 0.4) is 0 Å². The van der Waals surface area contributed by atoms with E-state index in [9.17, 15) is 4.79 Å². The molecule has 1 spiro atoms. The van der Waals surface area contributed by atoms with Crippen molar-refractivity contribution in [2.45, 2.75) is 50.1 Å². The Morgan fingerprint density at radius 3 is 2.09 bits per heavy atom. The molecule has 3 saturated heterocycles. The van der Waals surface area contributed by atoms with Gasteiger partial charge in [0.25, 0.3) is 0 Å². The molecular weight excluding hydrogens is 592 g/mol. The van der Waals surface area contributed by atoms with E-state index >= 15 is 0 Å². The molecule has 3 aliphatic rings. The molecular formula is C37H38N6O4. The molecule has 2 aromatic heterocycles. The molecule has 10 nitrogen and oxygen atoms in total. The van der Waals surface area contributed by atoms with Gasteiger partial charge < -0.3 is 29.5 Å². The van der Waals surface area contributed by atoms with Crippen molar-refractivity contribution in [2.24, 2.45) is 0 Å². The van der Waals surface area contributed by atoms with E-state index in [1.807, 2.05) is 42.7 Å². The molecule has 0 saturated carbocycles. The maximum Gasteiger partial charge on any atom is 0.413 e. The smallest absolute Gasteiger partial charge is 0.413 e. The van der Waals surface area contributed by atoms with Crippen molar-refractivity contribution in [3.63, 3.8) is 0 Å². The predicted molar refractivity (Wildman–Crippen MR) is 177 cm³/mol. The summed E-state index contributed by atoms with van der Waals surface area (Å²) >= 11 is 0. The lowest BCUT2D eigenvalue weighted by atomic mass is 10.0. The molecule has 10 heteroatoms. The number of carbonyl (C=O) groups excluding carboxylic acids is 1. The van der Waals surface area contributed by atoms with Gasteiger partial charge in [-0.2, -0.15) is 0 Å². The standard InChI is InChI=1S/C37H38N6O4/c44-36(46-23-25-5-2-1-3-6-25)43-33(24-47-37(43)16-19-45-20-17-37)35-40-22-32(42-35)29-14-10-27(11-15-29)26-8-12-28(13-9-26)31-21-39-34(41-31)30-7-4-18-38-30/h1-3,5-6,8-15,21-22,30,33,38H,4,7,16-20,23-24H2,(H,39,41)(H,40,42)/t30?,33-/m0/s1. The van der Waals surface area contributed by atoms with E-state index in [1.54, 1.807) is 4.90 Å². The molecule has 3 aliphatic heterocycles. The van der Waals surface area contributed by atoms with E-state index in [4.69, 9.17) is 19.2 Å². The van der Waals surface area contributed by atoms with Crippen molar-refractivity contribution in [1.29, 1.82) is 0 Å². The third-order valence-electron chi connectivity index (χ3n) is 9.56. The SMILES string of the molecule is O=C(OCc1ccccc1)N1[C@H](c2ncc(-c3ccc(-c4ccc(-c5cnc(C6CCCN6)[nH]5)cc4)cc3)[nH]2)COC12CCOCC2. The molecule has 3 aromatic carbocycles. The second kappa shape index (κ2) is 12.8. The maximum atomic E-state index is 13.6. The largest absolute Gasteiger partial charge is 0.444 e. The Morgan fingerprint density at radius 1 is 0.830 bits per heavy atom. The summed E-state index contributed by atoms with van der Waals surface area (Å²) in [5.74, 6) is 1.68. The molecule has 5 aromatic rings. The highest BCUT2D eigenvalue weighted by Crippen LogP contribution is 2.43. The number of imidazole rings is 2. The van der Waals surface area contributed by atoms with Crippen molar-refractivity contribution in [2.75, 3.05) is 26.4 Å². The average molecular weight is 631 g/mol. The zero-order valence-corrected chi connectivity index (χ0v) is 26.2. The summed E-state index contributed by atoms with van der Waals surface area (Å²) in [4.78, 5) is 31.7. The van der Waals surface area contributed by atoms with Gasteiger partial charge >= 0.3 is 6.09 Å². The van der Waals surface area contributed by atoms with Crippen LogP contribution in [0.25, 0.3) is 33.6 Å². The number of amides is 1. The number of H-pyrrole nitrogens is 2. The highest BCUT2D eigenvalue weighted by molar-refractivity contribution is 5.72. The summed E-state index contributed by atoms with van der Waals surface area (Å²) < 4.78 is 17.8. The second-order valence-corrected chi connectivity index (χ2v) is 12.5. The van der Waals surface area contributed by atoms with Gasteiger partial charge in [0.2, 0.25) is 0 Å². The lowest BCUT2D eigenvalue weighted by Crippen LogP contribution is -2.52. The summed E-state index contributed by atoms with van der Waals surface area (Å²) in [6.07, 6.45) is 6.81. The van der Waals surface area contributed by atoms with Crippen LogP contribution >= 0.6 is 0 Å². The van der Waals surface area contributed by atoms with E-state index in [0.29, 0.717) is 44.5 Å². The van der Waals surface area contributed by atoms with E-state index in [1.165, 1.54) is 6.42 Å². The zero-order chi connectivity index (χ0) is 31.6. The van der Waals surface area contributed by atoms with Crippen molar-refractivity contribution in [1.82, 2.24) is 30.2 Å². The minimum Gasteiger partial charge on any atom is -0.444 e. The lowest BCUT2D eigenvalue weighted by molar-refractivity contribution is -0.137. The van der Waals surface area contributed by atoms with E-state index in [-0.39, 0.29) is 6.61 Å². The summed E-state index contributed by atoms with van der Waals surface area (Å²) in [6, 6.07) is 26.6. The predicted octanol–water partition coefficient (Wildman–Crippen LogP) is 6.78. The van der Waals surface area contributed by atoms with Crippen LogP contribution < -0.4 is 5.32 Å². The number of nitrogens with zero attached hydrogens (tertiary/aromatic N) is 3. The van der Waals surface area contributed by atoms with Crippen LogP contribution in [-0.4, -0.2) is 63.0 Å². The van der Waals surface area contributed by atoms with Gasteiger partial charge in [-0.05, 0) is 47.2 Å². The molecule has 3 N–H and O–H groups in total. The van der Waals surface area contributed by atoms with Gasteiger partial charge in [0, 0.05) is 12.8 Å². The van der Waals surface area contributed by atoms with Crippen LogP contribution in [0.1, 0.15) is 55.0 Å². The minimum atomic E-state index is -0.770. The first-order chi connectivity index (χ1) is 23.1. The Labute approximate surface area is 273 Å². The highest BCUT2D eigenvalue weighted by Gasteiger charge is 2.53. The lowest BCUT2D eigenvalue weighted by Gasteiger charge is -2.40. The van der Waals surface area contributed by atoms with Crippen molar-refractivity contribution in [3.8, 4) is 33.6 Å². The zero-order valence-electron chi connectivity index (χ0n) is 26.2. The molecule has 3 fully saturated rings. The number of rotatable bonds is 7. The molecule has 1 amide bonds. The number of carbonyl (C=O) groups is 1. The van der Waals surface area contributed by atoms with E-state index in [0.717, 1.165) is 58.0 Å². The van der Waals surface area contributed by atoms with Crippen LogP contribution in [0.15, 0.2) is 91.3 Å². The number of aromatic amines is 2. The second-order valence-electron chi connectivity index (χ2n) is 12.5. The molecule has 8 rings (SSSR count). The summed E-state index contributed by atoms with van der Waals surface area (Å²) in [5, 5.41) is 3.50. The first kappa shape index (κ1) is 29.6. The fourth-order valence-electron chi connectivity index (χ4n) is 6.94. The van der Waals surface area contributed by atoms with Gasteiger partial charge in [-0.3, -0.25) is 4.90 Å². The van der Waals surface area contributed by atoms with Crippen LogP contribution in [0, 0.1) is 0 Å². The molecule has 5 heterocycles. The summed E-state index contributed by atoms with van der Waals surface area (Å²) in [7, 11) is 0. The monoisotopic (exact) mass is 630 g/mol. The Bertz CT molecular complexity index is 1810. The summed E-state index contributed by atoms with van der Waals surface area (Å²) in [6.45, 7) is 2.62. The van der Waals surface area contributed by atoms with Crippen LogP contribution in [0.4, 0.5) is 4.79 Å². The molecule has 240 valence electrons.